The van der Waals surface area contributed by atoms with Gasteiger partial charge < -0.3 is 14.5 Å². The van der Waals surface area contributed by atoms with Gasteiger partial charge in [-0.15, -0.1) is 0 Å². The summed E-state index contributed by atoms with van der Waals surface area (Å²) in [4.78, 5) is 13.5. The molecule has 3 aromatic heterocycles. The van der Waals surface area contributed by atoms with Crippen LogP contribution in [0.15, 0.2) is 47.4 Å². The van der Waals surface area contributed by atoms with Gasteiger partial charge in [-0.2, -0.15) is 5.10 Å². The van der Waals surface area contributed by atoms with Gasteiger partial charge in [0, 0.05) is 39.1 Å². The number of morpholine rings is 1. The van der Waals surface area contributed by atoms with Crippen molar-refractivity contribution < 1.29 is 9.37 Å². The highest BCUT2D eigenvalue weighted by molar-refractivity contribution is 5.74. The highest BCUT2D eigenvalue weighted by Gasteiger charge is 2.22. The minimum atomic E-state index is 0.401. The number of benzene rings is 1. The lowest BCUT2D eigenvalue weighted by Gasteiger charge is -2.31. The van der Waals surface area contributed by atoms with Crippen molar-refractivity contribution in [3.8, 4) is 5.69 Å². The van der Waals surface area contributed by atoms with Crippen LogP contribution in [-0.2, 0) is 11.3 Å². The molecule has 4 aromatic rings. The van der Waals surface area contributed by atoms with Gasteiger partial charge >= 0.3 is 0 Å². The highest BCUT2D eigenvalue weighted by atomic mass is 16.6. The molecule has 0 N–H and O–H groups in total. The van der Waals surface area contributed by atoms with Crippen molar-refractivity contribution in [3.05, 3.63) is 48.3 Å². The van der Waals surface area contributed by atoms with E-state index in [2.05, 4.69) is 59.4 Å². The van der Waals surface area contributed by atoms with Gasteiger partial charge in [-0.25, -0.2) is 19.3 Å². The third-order valence-electron chi connectivity index (χ3n) is 4.88. The van der Waals surface area contributed by atoms with E-state index in [1.54, 1.807) is 6.20 Å². The monoisotopic (exact) mass is 392 g/mol. The molecule has 0 amide bonds. The van der Waals surface area contributed by atoms with E-state index in [0.29, 0.717) is 31.1 Å². The highest BCUT2D eigenvalue weighted by Crippen LogP contribution is 2.28. The third-order valence-corrected chi connectivity index (χ3v) is 4.88. The van der Waals surface area contributed by atoms with Crippen LogP contribution in [0.1, 0.15) is 5.56 Å². The summed E-state index contributed by atoms with van der Waals surface area (Å²) in [5.74, 6) is 1.51. The Kier molecular flexibility index (Phi) is 4.53. The summed E-state index contributed by atoms with van der Waals surface area (Å²) in [6.07, 6.45) is 3.69. The number of ether oxygens (including phenoxy) is 1. The molecule has 1 aromatic carbocycles. The zero-order chi connectivity index (χ0) is 19.6. The Morgan fingerprint density at radius 1 is 1.03 bits per heavy atom. The minimum Gasteiger partial charge on any atom is -0.378 e. The van der Waals surface area contributed by atoms with Crippen LogP contribution in [0, 0.1) is 0 Å². The molecule has 0 unspecified atom stereocenters. The van der Waals surface area contributed by atoms with E-state index in [9.17, 15) is 0 Å². The van der Waals surface area contributed by atoms with Crippen LogP contribution >= 0.6 is 0 Å². The van der Waals surface area contributed by atoms with E-state index in [-0.39, 0.29) is 0 Å². The quantitative estimate of drug-likeness (QED) is 0.502. The van der Waals surface area contributed by atoms with Crippen LogP contribution in [0.25, 0.3) is 17.0 Å². The van der Waals surface area contributed by atoms with E-state index >= 15 is 0 Å². The summed E-state index contributed by atoms with van der Waals surface area (Å²) in [6.45, 7) is 3.50. The summed E-state index contributed by atoms with van der Waals surface area (Å²) in [5, 5.41) is 12.0. The van der Waals surface area contributed by atoms with Crippen molar-refractivity contribution >= 4 is 22.9 Å². The van der Waals surface area contributed by atoms with Gasteiger partial charge in [0.15, 0.2) is 11.6 Å². The van der Waals surface area contributed by atoms with Gasteiger partial charge in [0.05, 0.1) is 18.9 Å². The molecule has 148 valence electrons. The first-order valence-corrected chi connectivity index (χ1v) is 9.41. The zero-order valence-electron chi connectivity index (χ0n) is 16.0. The van der Waals surface area contributed by atoms with Gasteiger partial charge in [-0.1, -0.05) is 12.1 Å². The lowest BCUT2D eigenvalue weighted by Crippen LogP contribution is -2.38. The Morgan fingerprint density at radius 3 is 2.52 bits per heavy atom. The summed E-state index contributed by atoms with van der Waals surface area (Å²) < 4.78 is 12.1. The SMILES string of the molecule is CN(Cc1ccc(-n2cccn2)cc1)c1nc2nonc2nc1N1CCOCC1. The topological polar surface area (TPSA) is 98.2 Å². The molecule has 0 aliphatic carbocycles. The van der Waals surface area contributed by atoms with E-state index in [4.69, 9.17) is 9.37 Å². The molecule has 10 heteroatoms. The van der Waals surface area contributed by atoms with Crippen LogP contribution in [0.3, 0.4) is 0 Å². The maximum absolute atomic E-state index is 5.47. The molecule has 5 rings (SSSR count). The molecule has 1 saturated heterocycles. The van der Waals surface area contributed by atoms with Gasteiger partial charge in [0.2, 0.25) is 11.3 Å². The van der Waals surface area contributed by atoms with Crippen molar-refractivity contribution in [2.45, 2.75) is 6.54 Å². The standard InChI is InChI=1S/C19H20N8O2/c1-25(13-14-3-5-15(6-4-14)27-8-2-7-20-27)18-19(26-9-11-28-12-10-26)22-17-16(21-18)23-29-24-17/h2-8H,9-13H2,1H3. The van der Waals surface area contributed by atoms with Gasteiger partial charge in [0.1, 0.15) is 0 Å². The Bertz CT molecular complexity index is 1090. The van der Waals surface area contributed by atoms with Crippen molar-refractivity contribution in [3.63, 3.8) is 0 Å². The van der Waals surface area contributed by atoms with Crippen LogP contribution in [0.4, 0.5) is 11.6 Å². The van der Waals surface area contributed by atoms with Crippen LogP contribution in [-0.4, -0.2) is 63.4 Å². The second-order valence-corrected chi connectivity index (χ2v) is 6.85. The number of anilines is 2. The largest absolute Gasteiger partial charge is 0.378 e. The van der Waals surface area contributed by atoms with Crippen molar-refractivity contribution in [2.24, 2.45) is 0 Å². The lowest BCUT2D eigenvalue weighted by atomic mass is 10.2. The van der Waals surface area contributed by atoms with Crippen molar-refractivity contribution in [2.75, 3.05) is 43.2 Å². The molecule has 4 heterocycles. The molecule has 0 bridgehead atoms. The van der Waals surface area contributed by atoms with Crippen molar-refractivity contribution in [1.29, 1.82) is 0 Å². The zero-order valence-corrected chi connectivity index (χ0v) is 16.0. The normalized spacial score (nSPS) is 14.4. The molecule has 0 spiro atoms. The third kappa shape index (κ3) is 3.49. The Balaban J connectivity index is 1.43. The molecule has 1 aliphatic rings. The van der Waals surface area contributed by atoms with E-state index in [0.717, 1.165) is 36.0 Å². The smallest absolute Gasteiger partial charge is 0.245 e. The first-order chi connectivity index (χ1) is 14.3. The van der Waals surface area contributed by atoms with E-state index in [1.165, 1.54) is 0 Å². The predicted molar refractivity (Wildman–Crippen MR) is 106 cm³/mol. The van der Waals surface area contributed by atoms with E-state index in [1.807, 2.05) is 24.0 Å². The molecular weight excluding hydrogens is 372 g/mol. The molecule has 1 fully saturated rings. The molecule has 10 nitrogen and oxygen atoms in total. The Hall–Kier alpha value is -3.53. The number of aromatic nitrogens is 6. The first-order valence-electron chi connectivity index (χ1n) is 9.41. The number of hydrogen-bond acceptors (Lipinski definition) is 9. The van der Waals surface area contributed by atoms with E-state index < -0.39 is 0 Å². The Labute approximate surface area is 166 Å². The Morgan fingerprint density at radius 2 is 1.79 bits per heavy atom. The van der Waals surface area contributed by atoms with Crippen molar-refractivity contribution in [1.82, 2.24) is 30.1 Å². The van der Waals surface area contributed by atoms with Gasteiger partial charge in [-0.3, -0.25) is 0 Å². The van der Waals surface area contributed by atoms with Crippen LogP contribution < -0.4 is 9.80 Å². The summed E-state index contributed by atoms with van der Waals surface area (Å²) >= 11 is 0. The second-order valence-electron chi connectivity index (χ2n) is 6.85. The molecule has 0 radical (unpaired) electrons. The van der Waals surface area contributed by atoms with Crippen LogP contribution in [0.2, 0.25) is 0 Å². The van der Waals surface area contributed by atoms with Gasteiger partial charge in [0.25, 0.3) is 0 Å². The average Bonchev–Trinajstić information content (AvgIpc) is 3.46. The fraction of sp³-hybridized carbons (Fsp3) is 0.316. The molecule has 29 heavy (non-hydrogen) atoms. The number of hydrogen-bond donors (Lipinski definition) is 0. The molecular formula is C19H20N8O2. The molecule has 0 atom stereocenters. The summed E-state index contributed by atoms with van der Waals surface area (Å²) in [5.41, 5.74) is 2.98. The summed E-state index contributed by atoms with van der Waals surface area (Å²) in [7, 11) is 1.99. The summed E-state index contributed by atoms with van der Waals surface area (Å²) in [6, 6.07) is 10.2. The molecule has 0 saturated carbocycles. The molecule has 1 aliphatic heterocycles. The fourth-order valence-corrected chi connectivity index (χ4v) is 3.39. The maximum atomic E-state index is 5.47. The average molecular weight is 392 g/mol. The second kappa shape index (κ2) is 7.47. The fourth-order valence-electron chi connectivity index (χ4n) is 3.39. The predicted octanol–water partition coefficient (Wildman–Crippen LogP) is 1.67. The van der Waals surface area contributed by atoms with Crippen LogP contribution in [0.5, 0.6) is 0 Å². The number of rotatable bonds is 5. The lowest BCUT2D eigenvalue weighted by molar-refractivity contribution is 0.122. The first kappa shape index (κ1) is 17.6. The number of fused-ring (bicyclic) bond motifs is 1. The maximum Gasteiger partial charge on any atom is 0.245 e. The minimum absolute atomic E-state index is 0.401. The number of nitrogens with zero attached hydrogens (tertiary/aromatic N) is 8. The van der Waals surface area contributed by atoms with Gasteiger partial charge in [-0.05, 0) is 34.1 Å².